The lowest BCUT2D eigenvalue weighted by Gasteiger charge is -2.24. The van der Waals surface area contributed by atoms with Crippen LogP contribution in [0.15, 0.2) is 48.5 Å². The molecule has 3 aromatic rings. The molecule has 6 nitrogen and oxygen atoms in total. The number of aliphatic carboxylic acids is 2. The van der Waals surface area contributed by atoms with E-state index in [1.807, 2.05) is 74.7 Å². The maximum absolute atomic E-state index is 11.0. The summed E-state index contributed by atoms with van der Waals surface area (Å²) in [6.45, 7) is 2.50. The molecular formula is C25H26ClIN2O4. The molecule has 0 saturated carbocycles. The van der Waals surface area contributed by atoms with Crippen LogP contribution in [0.3, 0.4) is 0 Å². The van der Waals surface area contributed by atoms with Crippen molar-refractivity contribution in [2.45, 2.75) is 19.8 Å². The molecule has 174 valence electrons. The minimum absolute atomic E-state index is 0. The Hall–Kier alpha value is -2.65. The van der Waals surface area contributed by atoms with Crippen LogP contribution in [-0.4, -0.2) is 35.2 Å². The number of carboxylic acid groups (broad SMARTS) is 2. The molecular weight excluding hydrogens is 555 g/mol. The minimum Gasteiger partial charge on any atom is -1.00 e. The van der Waals surface area contributed by atoms with Gasteiger partial charge in [0.25, 0.3) is 0 Å². The van der Waals surface area contributed by atoms with E-state index in [9.17, 15) is 9.59 Å². The Morgan fingerprint density at radius 3 is 2.24 bits per heavy atom. The third-order valence-corrected chi connectivity index (χ3v) is 5.65. The summed E-state index contributed by atoms with van der Waals surface area (Å²) in [7, 11) is 2.01. The first kappa shape index (κ1) is 26.6. The number of fused-ring (bicyclic) bond motifs is 1. The third-order valence-electron chi connectivity index (χ3n) is 5.42. The first-order chi connectivity index (χ1) is 15.2. The van der Waals surface area contributed by atoms with Gasteiger partial charge in [0, 0.05) is 47.4 Å². The molecule has 1 heterocycles. The van der Waals surface area contributed by atoms with Crippen molar-refractivity contribution in [3.8, 4) is 0 Å². The summed E-state index contributed by atoms with van der Waals surface area (Å²) in [5, 5.41) is 19.8. The Kier molecular flexibility index (Phi) is 9.67. The summed E-state index contributed by atoms with van der Waals surface area (Å²) >= 11 is 6.09. The molecule has 2 N–H and O–H groups in total. The molecule has 33 heavy (non-hydrogen) atoms. The lowest BCUT2D eigenvalue weighted by molar-refractivity contribution is -0.646. The van der Waals surface area contributed by atoms with E-state index in [1.54, 1.807) is 4.90 Å². The van der Waals surface area contributed by atoms with Crippen molar-refractivity contribution in [3.05, 3.63) is 70.4 Å². The zero-order valence-corrected chi connectivity index (χ0v) is 21.4. The molecule has 3 rings (SSSR count). The number of carboxylic acids is 2. The van der Waals surface area contributed by atoms with Gasteiger partial charge in [-0.2, -0.15) is 4.57 Å². The molecule has 0 aliphatic heterocycles. The predicted octanol–water partition coefficient (Wildman–Crippen LogP) is 1.56. The summed E-state index contributed by atoms with van der Waals surface area (Å²) in [5.41, 5.74) is 4.98. The van der Waals surface area contributed by atoms with Crippen molar-refractivity contribution in [3.63, 3.8) is 0 Å². The summed E-state index contributed by atoms with van der Waals surface area (Å²) in [4.78, 5) is 23.8. The van der Waals surface area contributed by atoms with Gasteiger partial charge in [-0.3, -0.25) is 9.59 Å². The molecule has 0 bridgehead atoms. The van der Waals surface area contributed by atoms with Crippen LogP contribution in [0.5, 0.6) is 0 Å². The molecule has 0 atom stereocenters. The molecule has 0 amide bonds. The zero-order valence-electron chi connectivity index (χ0n) is 18.5. The third kappa shape index (κ3) is 7.17. The molecule has 0 fully saturated rings. The molecule has 0 spiro atoms. The molecule has 2 aromatic carbocycles. The van der Waals surface area contributed by atoms with Gasteiger partial charge in [0.1, 0.15) is 7.05 Å². The lowest BCUT2D eigenvalue weighted by Crippen LogP contribution is -3.00. The fourth-order valence-electron chi connectivity index (χ4n) is 3.61. The second-order valence-electron chi connectivity index (χ2n) is 7.67. The van der Waals surface area contributed by atoms with Crippen LogP contribution in [0.25, 0.3) is 23.1 Å². The van der Waals surface area contributed by atoms with E-state index in [1.165, 1.54) is 0 Å². The van der Waals surface area contributed by atoms with Crippen molar-refractivity contribution in [1.82, 2.24) is 0 Å². The number of nitrogens with zero attached hydrogens (tertiary/aromatic N) is 2. The summed E-state index contributed by atoms with van der Waals surface area (Å²) in [6.07, 6.45) is 3.98. The Morgan fingerprint density at radius 2 is 1.64 bits per heavy atom. The normalized spacial score (nSPS) is 10.9. The van der Waals surface area contributed by atoms with Gasteiger partial charge in [0.2, 0.25) is 11.2 Å². The molecule has 0 radical (unpaired) electrons. The quantitative estimate of drug-likeness (QED) is 0.297. The topological polar surface area (TPSA) is 81.7 Å². The number of anilines is 1. The maximum atomic E-state index is 11.0. The van der Waals surface area contributed by atoms with Crippen LogP contribution >= 0.6 is 11.6 Å². The molecule has 0 aliphatic carbocycles. The standard InChI is InChI=1S/C25H25ClN2O4.HI/c1-17-15-22(28(13-11-24(29)30)14-12-25(31)32)9-4-18(17)3-7-21-8-5-19-16-20(26)6-10-23(19)27(21)2;/h3-10,15-16H,11-14H2,1-2H3,(H-,29,30,31,32);1H. The van der Waals surface area contributed by atoms with Crippen molar-refractivity contribution in [1.29, 1.82) is 0 Å². The molecule has 8 heteroatoms. The average Bonchev–Trinajstić information content (AvgIpc) is 2.73. The van der Waals surface area contributed by atoms with Crippen LogP contribution < -0.4 is 33.4 Å². The van der Waals surface area contributed by atoms with Crippen LogP contribution in [0.1, 0.15) is 29.7 Å². The van der Waals surface area contributed by atoms with Crippen molar-refractivity contribution < 1.29 is 48.3 Å². The molecule has 0 aliphatic rings. The van der Waals surface area contributed by atoms with Crippen LogP contribution in [0.4, 0.5) is 5.69 Å². The zero-order chi connectivity index (χ0) is 23.3. The molecule has 1 aromatic heterocycles. The number of pyridine rings is 1. The number of benzene rings is 2. The van der Waals surface area contributed by atoms with Gasteiger partial charge in [0.15, 0.2) is 0 Å². The summed E-state index contributed by atoms with van der Waals surface area (Å²) in [5.74, 6) is -1.82. The fraction of sp³-hybridized carbons (Fsp3) is 0.240. The van der Waals surface area contributed by atoms with E-state index in [2.05, 4.69) is 4.57 Å². The van der Waals surface area contributed by atoms with Gasteiger partial charge in [-0.25, -0.2) is 0 Å². The van der Waals surface area contributed by atoms with E-state index in [4.69, 9.17) is 21.8 Å². The highest BCUT2D eigenvalue weighted by Gasteiger charge is 2.13. The van der Waals surface area contributed by atoms with Crippen LogP contribution in [0, 0.1) is 6.92 Å². The highest BCUT2D eigenvalue weighted by atomic mass is 127. The van der Waals surface area contributed by atoms with Crippen LogP contribution in [-0.2, 0) is 16.6 Å². The monoisotopic (exact) mass is 580 g/mol. The number of aryl methyl sites for hydroxylation is 2. The number of aromatic nitrogens is 1. The van der Waals surface area contributed by atoms with Gasteiger partial charge >= 0.3 is 11.9 Å². The van der Waals surface area contributed by atoms with Gasteiger partial charge in [-0.15, -0.1) is 0 Å². The average molecular weight is 581 g/mol. The highest BCUT2D eigenvalue weighted by Crippen LogP contribution is 2.22. The fourth-order valence-corrected chi connectivity index (χ4v) is 3.79. The van der Waals surface area contributed by atoms with Gasteiger partial charge in [0.05, 0.1) is 12.8 Å². The Balaban J connectivity index is 0.00000385. The Morgan fingerprint density at radius 1 is 0.970 bits per heavy atom. The van der Waals surface area contributed by atoms with Gasteiger partial charge < -0.3 is 39.1 Å². The van der Waals surface area contributed by atoms with Crippen molar-refractivity contribution >= 4 is 52.3 Å². The predicted molar refractivity (Wildman–Crippen MR) is 127 cm³/mol. The smallest absolute Gasteiger partial charge is 0.305 e. The number of hydrogen-bond acceptors (Lipinski definition) is 3. The lowest BCUT2D eigenvalue weighted by atomic mass is 10.1. The first-order valence-corrected chi connectivity index (χ1v) is 10.7. The maximum Gasteiger partial charge on any atom is 0.305 e. The van der Waals surface area contributed by atoms with E-state index in [0.717, 1.165) is 33.4 Å². The Labute approximate surface area is 215 Å². The van der Waals surface area contributed by atoms with E-state index < -0.39 is 11.9 Å². The number of halogens is 2. The SMILES string of the molecule is Cc1cc(N(CCC(=O)O)CCC(=O)O)ccc1/C=C/c1ccc2cc(Cl)ccc2[n+]1C.[I-]. The van der Waals surface area contributed by atoms with E-state index in [-0.39, 0.29) is 49.9 Å². The minimum atomic E-state index is -0.910. The molecule has 0 saturated heterocycles. The first-order valence-electron chi connectivity index (χ1n) is 10.3. The van der Waals surface area contributed by atoms with Gasteiger partial charge in [-0.1, -0.05) is 17.7 Å². The van der Waals surface area contributed by atoms with Gasteiger partial charge in [-0.05, 0) is 54.5 Å². The largest absolute Gasteiger partial charge is 1.00 e. The van der Waals surface area contributed by atoms with Crippen molar-refractivity contribution in [2.24, 2.45) is 7.05 Å². The second kappa shape index (κ2) is 12.0. The summed E-state index contributed by atoms with van der Waals surface area (Å²) < 4.78 is 2.10. The van der Waals surface area contributed by atoms with E-state index >= 15 is 0 Å². The summed E-state index contributed by atoms with van der Waals surface area (Å²) in [6, 6.07) is 15.7. The number of hydrogen-bond donors (Lipinski definition) is 2. The van der Waals surface area contributed by atoms with Crippen LogP contribution in [0.2, 0.25) is 5.02 Å². The molecule has 0 unspecified atom stereocenters. The van der Waals surface area contributed by atoms with E-state index in [0.29, 0.717) is 5.02 Å². The Bertz CT molecular complexity index is 1180. The number of rotatable bonds is 9. The van der Waals surface area contributed by atoms with Crippen molar-refractivity contribution in [2.75, 3.05) is 18.0 Å². The second-order valence-corrected chi connectivity index (χ2v) is 8.11. The number of carbonyl (C=O) groups is 2. The highest BCUT2D eigenvalue weighted by molar-refractivity contribution is 6.31.